The second kappa shape index (κ2) is 8.31. The summed E-state index contributed by atoms with van der Waals surface area (Å²) in [4.78, 5) is 22.3. The van der Waals surface area contributed by atoms with Crippen LogP contribution >= 0.6 is 15.9 Å². The molecule has 1 aromatic rings. The Morgan fingerprint density at radius 1 is 1.37 bits per heavy atom. The number of nitrogens with one attached hydrogen (secondary N) is 2. The van der Waals surface area contributed by atoms with Crippen molar-refractivity contribution in [2.24, 2.45) is 0 Å². The van der Waals surface area contributed by atoms with Crippen molar-refractivity contribution in [3.05, 3.63) is 40.5 Å². The normalized spacial score (nSPS) is 10.2. The summed E-state index contributed by atoms with van der Waals surface area (Å²) < 4.78 is 5.61. The lowest BCUT2D eigenvalue weighted by atomic mass is 10.2. The maximum Gasteiger partial charge on any atom is 0.325 e. The van der Waals surface area contributed by atoms with Crippen LogP contribution in [0.2, 0.25) is 0 Å². The van der Waals surface area contributed by atoms with Crippen LogP contribution in [0.3, 0.4) is 0 Å². The number of esters is 1. The van der Waals surface area contributed by atoms with E-state index < -0.39 is 12.0 Å². The molecule has 2 N–H and O–H groups in total. The summed E-state index contributed by atoms with van der Waals surface area (Å²) in [5.41, 5.74) is 0.938. The predicted molar refractivity (Wildman–Crippen MR) is 76.3 cm³/mol. The van der Waals surface area contributed by atoms with Gasteiger partial charge in [-0.1, -0.05) is 34.1 Å². The molecule has 0 aliphatic carbocycles. The maximum absolute atomic E-state index is 11.3. The van der Waals surface area contributed by atoms with E-state index in [2.05, 4.69) is 31.3 Å². The van der Waals surface area contributed by atoms with E-state index in [9.17, 15) is 9.59 Å². The van der Waals surface area contributed by atoms with E-state index in [1.165, 1.54) is 6.20 Å². The number of ether oxygens (including phenoxy) is 1. The zero-order chi connectivity index (χ0) is 14.1. The van der Waals surface area contributed by atoms with Crippen LogP contribution in [0.15, 0.2) is 34.9 Å². The first-order chi connectivity index (χ1) is 9.13. The van der Waals surface area contributed by atoms with Gasteiger partial charge in [0.25, 0.3) is 0 Å². The number of amides is 2. The standard InChI is InChI=1S/C13H15BrN2O3/c1-2-19-12(17)9-16-13(18)15-8-7-10-5-3-4-6-11(10)14/h3-8H,2,9H2,1H3,(H2,15,16,18)/b8-7+. The molecule has 19 heavy (non-hydrogen) atoms. The van der Waals surface area contributed by atoms with E-state index in [1.807, 2.05) is 24.3 Å². The van der Waals surface area contributed by atoms with Crippen molar-refractivity contribution < 1.29 is 14.3 Å². The summed E-state index contributed by atoms with van der Waals surface area (Å²) in [5, 5.41) is 4.88. The molecular formula is C13H15BrN2O3. The van der Waals surface area contributed by atoms with E-state index in [0.717, 1.165) is 10.0 Å². The molecule has 0 spiro atoms. The minimum absolute atomic E-state index is 0.150. The maximum atomic E-state index is 11.3. The molecule has 5 nitrogen and oxygen atoms in total. The molecule has 0 aliphatic heterocycles. The number of carbonyl (C=O) groups is 2. The average Bonchev–Trinajstić information content (AvgIpc) is 2.39. The van der Waals surface area contributed by atoms with E-state index in [4.69, 9.17) is 0 Å². The summed E-state index contributed by atoms with van der Waals surface area (Å²) in [7, 11) is 0. The zero-order valence-corrected chi connectivity index (χ0v) is 12.1. The van der Waals surface area contributed by atoms with Crippen LogP contribution in [-0.4, -0.2) is 25.2 Å². The molecule has 0 unspecified atom stereocenters. The van der Waals surface area contributed by atoms with Gasteiger partial charge in [0.05, 0.1) is 6.61 Å². The summed E-state index contributed by atoms with van der Waals surface area (Å²) in [5.74, 6) is -0.465. The van der Waals surface area contributed by atoms with Crippen LogP contribution in [0.4, 0.5) is 4.79 Å². The number of hydrogen-bond donors (Lipinski definition) is 2. The quantitative estimate of drug-likeness (QED) is 0.816. The first-order valence-electron chi connectivity index (χ1n) is 5.74. The summed E-state index contributed by atoms with van der Waals surface area (Å²) in [6.45, 7) is 1.85. The number of halogens is 1. The molecule has 1 rings (SSSR count). The number of hydrogen-bond acceptors (Lipinski definition) is 3. The molecule has 0 saturated carbocycles. The van der Waals surface area contributed by atoms with Crippen LogP contribution in [0.25, 0.3) is 6.08 Å². The molecule has 0 atom stereocenters. The number of rotatable bonds is 5. The largest absolute Gasteiger partial charge is 0.465 e. The lowest BCUT2D eigenvalue weighted by Gasteiger charge is -2.04. The Hall–Kier alpha value is -1.82. The smallest absolute Gasteiger partial charge is 0.325 e. The predicted octanol–water partition coefficient (Wildman–Crippen LogP) is 2.28. The van der Waals surface area contributed by atoms with E-state index in [-0.39, 0.29) is 6.54 Å². The van der Waals surface area contributed by atoms with Crippen molar-refractivity contribution in [2.75, 3.05) is 13.2 Å². The molecule has 102 valence electrons. The van der Waals surface area contributed by atoms with Crippen LogP contribution in [-0.2, 0) is 9.53 Å². The molecule has 0 fully saturated rings. The Kier molecular flexibility index (Phi) is 6.67. The third kappa shape index (κ3) is 6.05. The van der Waals surface area contributed by atoms with Crippen molar-refractivity contribution in [1.82, 2.24) is 10.6 Å². The molecule has 1 aromatic carbocycles. The van der Waals surface area contributed by atoms with Gasteiger partial charge in [0.2, 0.25) is 0 Å². The van der Waals surface area contributed by atoms with Gasteiger partial charge >= 0.3 is 12.0 Å². The summed E-state index contributed by atoms with van der Waals surface area (Å²) >= 11 is 3.39. The SMILES string of the molecule is CCOC(=O)CNC(=O)N/C=C/c1ccccc1Br. The zero-order valence-electron chi connectivity index (χ0n) is 10.5. The average molecular weight is 327 g/mol. The van der Waals surface area contributed by atoms with E-state index in [0.29, 0.717) is 6.61 Å². The van der Waals surface area contributed by atoms with Gasteiger partial charge in [-0.3, -0.25) is 4.79 Å². The second-order valence-corrected chi connectivity index (χ2v) is 4.34. The van der Waals surface area contributed by atoms with Crippen LogP contribution in [0.5, 0.6) is 0 Å². The summed E-state index contributed by atoms with van der Waals surface area (Å²) in [6.07, 6.45) is 3.24. The van der Waals surface area contributed by atoms with Gasteiger partial charge in [-0.2, -0.15) is 0 Å². The Balaban J connectivity index is 2.34. The Morgan fingerprint density at radius 2 is 2.11 bits per heavy atom. The first-order valence-corrected chi connectivity index (χ1v) is 6.54. The van der Waals surface area contributed by atoms with Crippen molar-refractivity contribution in [3.8, 4) is 0 Å². The molecule has 0 saturated heterocycles. The topological polar surface area (TPSA) is 67.4 Å². The van der Waals surface area contributed by atoms with Crippen molar-refractivity contribution in [2.45, 2.75) is 6.92 Å². The van der Waals surface area contributed by atoms with Gasteiger partial charge in [-0.05, 0) is 24.6 Å². The lowest BCUT2D eigenvalue weighted by Crippen LogP contribution is -2.36. The van der Waals surface area contributed by atoms with Gasteiger partial charge in [0.15, 0.2) is 0 Å². The fourth-order valence-corrected chi connectivity index (χ4v) is 1.65. The first kappa shape index (κ1) is 15.2. The highest BCUT2D eigenvalue weighted by atomic mass is 79.9. The molecular weight excluding hydrogens is 312 g/mol. The van der Waals surface area contributed by atoms with Crippen LogP contribution in [0, 0.1) is 0 Å². The number of carbonyl (C=O) groups excluding carboxylic acids is 2. The van der Waals surface area contributed by atoms with E-state index in [1.54, 1.807) is 13.0 Å². The summed E-state index contributed by atoms with van der Waals surface area (Å²) in [6, 6.07) is 7.14. The minimum Gasteiger partial charge on any atom is -0.465 e. The molecule has 0 aliphatic rings. The van der Waals surface area contributed by atoms with Gasteiger partial charge in [0.1, 0.15) is 6.54 Å². The molecule has 0 heterocycles. The van der Waals surface area contributed by atoms with Crippen LogP contribution < -0.4 is 10.6 Å². The Bertz CT molecular complexity index is 475. The molecule has 0 bridgehead atoms. The highest BCUT2D eigenvalue weighted by Gasteiger charge is 2.03. The minimum atomic E-state index is -0.465. The van der Waals surface area contributed by atoms with Gasteiger partial charge in [-0.15, -0.1) is 0 Å². The third-order valence-corrected chi connectivity index (χ3v) is 2.80. The van der Waals surface area contributed by atoms with Crippen molar-refractivity contribution in [3.63, 3.8) is 0 Å². The molecule has 0 aromatic heterocycles. The highest BCUT2D eigenvalue weighted by molar-refractivity contribution is 9.10. The number of benzene rings is 1. The second-order valence-electron chi connectivity index (χ2n) is 3.49. The monoisotopic (exact) mass is 326 g/mol. The van der Waals surface area contributed by atoms with E-state index >= 15 is 0 Å². The highest BCUT2D eigenvalue weighted by Crippen LogP contribution is 2.16. The lowest BCUT2D eigenvalue weighted by molar-refractivity contribution is -0.141. The molecule has 2 amide bonds. The third-order valence-electron chi connectivity index (χ3n) is 2.08. The molecule has 0 radical (unpaired) electrons. The molecule has 6 heteroatoms. The Morgan fingerprint density at radius 3 is 2.79 bits per heavy atom. The van der Waals surface area contributed by atoms with Gasteiger partial charge in [0, 0.05) is 10.7 Å². The fourth-order valence-electron chi connectivity index (χ4n) is 1.23. The van der Waals surface area contributed by atoms with Gasteiger partial charge in [-0.25, -0.2) is 4.79 Å². The number of urea groups is 1. The van der Waals surface area contributed by atoms with Crippen molar-refractivity contribution in [1.29, 1.82) is 0 Å². The Labute approximate surface area is 120 Å². The van der Waals surface area contributed by atoms with Crippen LogP contribution in [0.1, 0.15) is 12.5 Å². The van der Waals surface area contributed by atoms with Gasteiger partial charge < -0.3 is 15.4 Å². The fraction of sp³-hybridized carbons (Fsp3) is 0.231. The van der Waals surface area contributed by atoms with Crippen molar-refractivity contribution >= 4 is 34.0 Å².